The van der Waals surface area contributed by atoms with Crippen molar-refractivity contribution in [1.29, 1.82) is 0 Å². The van der Waals surface area contributed by atoms with Gasteiger partial charge in [0.05, 0.1) is 6.54 Å². The lowest BCUT2D eigenvalue weighted by atomic mass is 10.0. The Morgan fingerprint density at radius 1 is 1.50 bits per heavy atom. The van der Waals surface area contributed by atoms with Crippen LogP contribution in [0, 0.1) is 0 Å². The highest BCUT2D eigenvalue weighted by Gasteiger charge is 2.32. The van der Waals surface area contributed by atoms with E-state index in [2.05, 4.69) is 5.32 Å². The molecular formula is C11H21FN2O2. The van der Waals surface area contributed by atoms with Gasteiger partial charge in [0, 0.05) is 12.6 Å². The number of nitrogens with zero attached hydrogens (tertiary/aromatic N) is 1. The number of carbonyl (C=O) groups excluding carboxylic acids is 1. The molecule has 94 valence electrons. The van der Waals surface area contributed by atoms with E-state index >= 15 is 0 Å². The fraction of sp³-hybridized carbons (Fsp3) is 0.909. The van der Waals surface area contributed by atoms with E-state index in [1.165, 1.54) is 4.90 Å². The Labute approximate surface area is 96.1 Å². The summed E-state index contributed by atoms with van der Waals surface area (Å²) in [5.41, 5.74) is -0.525. The summed E-state index contributed by atoms with van der Waals surface area (Å²) < 4.78 is 18.8. The summed E-state index contributed by atoms with van der Waals surface area (Å²) in [5, 5.41) is 2.91. The average Bonchev–Trinajstić information content (AvgIpc) is 2.15. The van der Waals surface area contributed by atoms with Gasteiger partial charge in [-0.15, -0.1) is 0 Å². The third-order valence-corrected chi connectivity index (χ3v) is 2.56. The van der Waals surface area contributed by atoms with Crippen LogP contribution in [0.3, 0.4) is 0 Å². The lowest BCUT2D eigenvalue weighted by Gasteiger charge is -2.35. The van der Waals surface area contributed by atoms with Crippen LogP contribution < -0.4 is 5.32 Å². The minimum atomic E-state index is -1.02. The molecular weight excluding hydrogens is 211 g/mol. The zero-order chi connectivity index (χ0) is 12.3. The van der Waals surface area contributed by atoms with E-state index in [0.717, 1.165) is 0 Å². The summed E-state index contributed by atoms with van der Waals surface area (Å²) in [6.07, 6.45) is -0.826. The van der Waals surface area contributed by atoms with Crippen LogP contribution in [0.1, 0.15) is 27.2 Å². The average molecular weight is 232 g/mol. The van der Waals surface area contributed by atoms with Gasteiger partial charge in [-0.1, -0.05) is 0 Å². The second-order valence-electron chi connectivity index (χ2n) is 5.13. The number of alkyl halides is 1. The van der Waals surface area contributed by atoms with Crippen LogP contribution in [0.5, 0.6) is 0 Å². The van der Waals surface area contributed by atoms with E-state index in [4.69, 9.17) is 4.74 Å². The largest absolute Gasteiger partial charge is 0.444 e. The molecule has 0 radical (unpaired) electrons. The first-order valence-corrected chi connectivity index (χ1v) is 5.63. The molecule has 1 saturated heterocycles. The van der Waals surface area contributed by atoms with E-state index in [-0.39, 0.29) is 12.6 Å². The van der Waals surface area contributed by atoms with Crippen LogP contribution in [-0.2, 0) is 4.74 Å². The van der Waals surface area contributed by atoms with Gasteiger partial charge in [0.1, 0.15) is 11.8 Å². The number of rotatable bonds is 1. The predicted octanol–water partition coefficient (Wildman–Crippen LogP) is 1.55. The quantitative estimate of drug-likeness (QED) is 0.746. The van der Waals surface area contributed by atoms with E-state index in [1.54, 1.807) is 27.8 Å². The highest BCUT2D eigenvalue weighted by Crippen LogP contribution is 2.17. The van der Waals surface area contributed by atoms with Crippen LogP contribution in [0.2, 0.25) is 0 Å². The first-order chi connectivity index (χ1) is 7.33. The lowest BCUT2D eigenvalue weighted by molar-refractivity contribution is 0.00990. The number of hydrogen-bond acceptors (Lipinski definition) is 3. The van der Waals surface area contributed by atoms with Crippen LogP contribution in [0.15, 0.2) is 0 Å². The zero-order valence-electron chi connectivity index (χ0n) is 10.4. The molecule has 1 amide bonds. The van der Waals surface area contributed by atoms with Gasteiger partial charge in [-0.25, -0.2) is 9.18 Å². The third kappa shape index (κ3) is 3.63. The maximum atomic E-state index is 13.6. The fourth-order valence-corrected chi connectivity index (χ4v) is 1.72. The number of nitrogens with one attached hydrogen (secondary N) is 1. The van der Waals surface area contributed by atoms with Crippen molar-refractivity contribution in [3.8, 4) is 0 Å². The zero-order valence-corrected chi connectivity index (χ0v) is 10.4. The van der Waals surface area contributed by atoms with Crippen LogP contribution in [0.25, 0.3) is 0 Å². The van der Waals surface area contributed by atoms with Gasteiger partial charge < -0.3 is 15.0 Å². The molecule has 1 aliphatic rings. The first kappa shape index (κ1) is 13.2. The standard InChI is InChI=1S/C11H21FN2O2/c1-11(2,3)16-10(15)14-6-5-9(13-4)8(12)7-14/h8-9,13H,5-7H2,1-4H3/t8-,9+/m1/s1. The molecule has 2 atom stereocenters. The molecule has 0 spiro atoms. The van der Waals surface area contributed by atoms with Crippen molar-refractivity contribution in [2.75, 3.05) is 20.1 Å². The Morgan fingerprint density at radius 3 is 2.56 bits per heavy atom. The minimum Gasteiger partial charge on any atom is -0.444 e. The Hall–Kier alpha value is -0.840. The Kier molecular flexibility index (Phi) is 4.13. The summed E-state index contributed by atoms with van der Waals surface area (Å²) in [4.78, 5) is 13.1. The summed E-state index contributed by atoms with van der Waals surface area (Å²) in [7, 11) is 1.74. The number of carbonyl (C=O) groups is 1. The summed E-state index contributed by atoms with van der Waals surface area (Å²) >= 11 is 0. The number of halogens is 1. The molecule has 1 rings (SSSR count). The molecule has 0 bridgehead atoms. The monoisotopic (exact) mass is 232 g/mol. The minimum absolute atomic E-state index is 0.112. The van der Waals surface area contributed by atoms with Gasteiger partial charge in [-0.2, -0.15) is 0 Å². The third-order valence-electron chi connectivity index (χ3n) is 2.56. The maximum Gasteiger partial charge on any atom is 0.410 e. The highest BCUT2D eigenvalue weighted by molar-refractivity contribution is 5.68. The number of likely N-dealkylation sites (tertiary alicyclic amines) is 1. The van der Waals surface area contributed by atoms with Crippen molar-refractivity contribution in [1.82, 2.24) is 10.2 Å². The molecule has 1 fully saturated rings. The molecule has 5 heteroatoms. The normalized spacial score (nSPS) is 26.7. The van der Waals surface area contributed by atoms with Crippen molar-refractivity contribution in [3.05, 3.63) is 0 Å². The van der Waals surface area contributed by atoms with Gasteiger partial charge in [-0.05, 0) is 34.2 Å². The van der Waals surface area contributed by atoms with Gasteiger partial charge in [0.15, 0.2) is 0 Å². The maximum absolute atomic E-state index is 13.6. The number of hydrogen-bond donors (Lipinski definition) is 1. The second kappa shape index (κ2) is 4.99. The Bertz CT molecular complexity index is 253. The Morgan fingerprint density at radius 2 is 2.12 bits per heavy atom. The van der Waals surface area contributed by atoms with Crippen molar-refractivity contribution in [2.45, 2.75) is 45.0 Å². The number of piperidine rings is 1. The molecule has 4 nitrogen and oxygen atoms in total. The summed E-state index contributed by atoms with van der Waals surface area (Å²) in [5.74, 6) is 0. The van der Waals surface area contributed by atoms with Crippen molar-refractivity contribution >= 4 is 6.09 Å². The van der Waals surface area contributed by atoms with Gasteiger partial charge in [0.25, 0.3) is 0 Å². The SMILES string of the molecule is CN[C@H]1CCN(C(=O)OC(C)(C)C)C[C@H]1F. The number of amides is 1. The molecule has 0 aromatic heterocycles. The smallest absolute Gasteiger partial charge is 0.410 e. The van der Waals surface area contributed by atoms with Crippen molar-refractivity contribution < 1.29 is 13.9 Å². The summed E-state index contributed by atoms with van der Waals surface area (Å²) in [6, 6.07) is -0.154. The van der Waals surface area contributed by atoms with E-state index in [9.17, 15) is 9.18 Å². The van der Waals surface area contributed by atoms with Gasteiger partial charge in [-0.3, -0.25) is 0 Å². The molecule has 1 N–H and O–H groups in total. The molecule has 0 aromatic carbocycles. The Balaban J connectivity index is 2.48. The van der Waals surface area contributed by atoms with Crippen LogP contribution >= 0.6 is 0 Å². The van der Waals surface area contributed by atoms with E-state index in [0.29, 0.717) is 13.0 Å². The van der Waals surface area contributed by atoms with Crippen molar-refractivity contribution in [2.24, 2.45) is 0 Å². The van der Waals surface area contributed by atoms with Gasteiger partial charge in [0.2, 0.25) is 0 Å². The highest BCUT2D eigenvalue weighted by atomic mass is 19.1. The molecule has 0 unspecified atom stereocenters. The van der Waals surface area contributed by atoms with E-state index < -0.39 is 17.9 Å². The lowest BCUT2D eigenvalue weighted by Crippen LogP contribution is -2.52. The van der Waals surface area contributed by atoms with Crippen molar-refractivity contribution in [3.63, 3.8) is 0 Å². The van der Waals surface area contributed by atoms with Crippen LogP contribution in [0.4, 0.5) is 9.18 Å². The van der Waals surface area contributed by atoms with Gasteiger partial charge >= 0.3 is 6.09 Å². The second-order valence-corrected chi connectivity index (χ2v) is 5.13. The summed E-state index contributed by atoms with van der Waals surface area (Å²) in [6.45, 7) is 6.07. The molecule has 0 aromatic rings. The number of ether oxygens (including phenoxy) is 1. The molecule has 0 aliphatic carbocycles. The molecule has 16 heavy (non-hydrogen) atoms. The van der Waals surface area contributed by atoms with Crippen LogP contribution in [-0.4, -0.2) is 48.9 Å². The fourth-order valence-electron chi connectivity index (χ4n) is 1.72. The molecule has 1 heterocycles. The van der Waals surface area contributed by atoms with E-state index in [1.807, 2.05) is 0 Å². The topological polar surface area (TPSA) is 41.6 Å². The molecule has 0 saturated carbocycles. The first-order valence-electron chi connectivity index (χ1n) is 5.63. The molecule has 1 aliphatic heterocycles. The predicted molar refractivity (Wildman–Crippen MR) is 60.2 cm³/mol.